The number of hydrogen-bond donors (Lipinski definition) is 1. The van der Waals surface area contributed by atoms with Crippen LogP contribution >= 0.6 is 43.2 Å². The second-order valence-electron chi connectivity index (χ2n) is 3.11. The van der Waals surface area contributed by atoms with Gasteiger partial charge in [-0.05, 0) is 45.0 Å². The van der Waals surface area contributed by atoms with Crippen molar-refractivity contribution in [3.8, 4) is 0 Å². The molecule has 1 atom stereocenters. The van der Waals surface area contributed by atoms with Gasteiger partial charge < -0.3 is 5.32 Å². The third kappa shape index (κ3) is 2.99. The van der Waals surface area contributed by atoms with Crippen LogP contribution in [-0.2, 0) is 0 Å². The minimum Gasteiger partial charge on any atom is -0.307 e. The summed E-state index contributed by atoms with van der Waals surface area (Å²) in [6, 6.07) is -0.870. The van der Waals surface area contributed by atoms with Gasteiger partial charge in [-0.25, -0.2) is 0 Å². The van der Waals surface area contributed by atoms with E-state index in [1.807, 2.05) is 5.32 Å². The molecule has 98 valence electrons. The predicted molar refractivity (Wildman–Crippen MR) is 62.5 cm³/mol. The largest absolute Gasteiger partial charge is 0.455 e. The first-order valence-corrected chi connectivity index (χ1v) is 6.58. The minimum atomic E-state index is -5.59. The maximum Gasteiger partial charge on any atom is 0.455 e. The van der Waals surface area contributed by atoms with Gasteiger partial charge in [0.15, 0.2) is 0 Å². The zero-order chi connectivity index (χ0) is 13.4. The molecule has 17 heavy (non-hydrogen) atoms. The third-order valence-corrected chi connectivity index (χ3v) is 5.30. The number of nitrogens with one attached hydrogen (secondary N) is 1. The van der Waals surface area contributed by atoms with Crippen LogP contribution in [0.3, 0.4) is 0 Å². The molecule has 0 saturated carbocycles. The SMILES string of the molecule is CNC(c1cc(Br)c(Br)s1)C(F)(F)C(F)(F)F. The number of rotatable bonds is 3. The van der Waals surface area contributed by atoms with E-state index < -0.39 is 18.1 Å². The van der Waals surface area contributed by atoms with Gasteiger partial charge in [-0.1, -0.05) is 0 Å². The molecule has 0 saturated heterocycles. The molecule has 0 amide bonds. The Kier molecular flexibility index (Phi) is 4.60. The molecule has 1 aromatic rings. The van der Waals surface area contributed by atoms with Crippen molar-refractivity contribution < 1.29 is 22.0 Å². The lowest BCUT2D eigenvalue weighted by molar-refractivity contribution is -0.293. The van der Waals surface area contributed by atoms with Gasteiger partial charge in [0.2, 0.25) is 0 Å². The average Bonchev–Trinajstić information content (AvgIpc) is 2.45. The lowest BCUT2D eigenvalue weighted by Gasteiger charge is -2.27. The van der Waals surface area contributed by atoms with E-state index in [2.05, 4.69) is 31.9 Å². The summed E-state index contributed by atoms with van der Waals surface area (Å²) in [6.45, 7) is 0. The molecule has 1 unspecified atom stereocenters. The topological polar surface area (TPSA) is 12.0 Å². The van der Waals surface area contributed by atoms with Crippen molar-refractivity contribution in [3.05, 3.63) is 19.2 Å². The molecule has 1 N–H and O–H groups in total. The Hall–Kier alpha value is 0.270. The molecule has 0 aliphatic rings. The van der Waals surface area contributed by atoms with Gasteiger partial charge in [-0.2, -0.15) is 22.0 Å². The quantitative estimate of drug-likeness (QED) is 0.720. The third-order valence-electron chi connectivity index (χ3n) is 1.98. The molecule has 0 fully saturated rings. The van der Waals surface area contributed by atoms with Crippen LogP contribution in [0.25, 0.3) is 0 Å². The Morgan fingerprint density at radius 2 is 1.76 bits per heavy atom. The highest BCUT2D eigenvalue weighted by Crippen LogP contribution is 2.47. The van der Waals surface area contributed by atoms with Crippen molar-refractivity contribution in [2.24, 2.45) is 0 Å². The highest BCUT2D eigenvalue weighted by atomic mass is 79.9. The Morgan fingerprint density at radius 3 is 2.06 bits per heavy atom. The fourth-order valence-electron chi connectivity index (χ4n) is 1.17. The first-order chi connectivity index (χ1) is 7.61. The van der Waals surface area contributed by atoms with Gasteiger partial charge in [0.05, 0.1) is 3.79 Å². The van der Waals surface area contributed by atoms with Gasteiger partial charge in [-0.3, -0.25) is 0 Å². The predicted octanol–water partition coefficient (Wildman–Crippen LogP) is 4.73. The van der Waals surface area contributed by atoms with Crippen molar-refractivity contribution >= 4 is 43.2 Å². The maximum absolute atomic E-state index is 13.2. The van der Waals surface area contributed by atoms with Gasteiger partial charge in [-0.15, -0.1) is 11.3 Å². The number of hydrogen-bond acceptors (Lipinski definition) is 2. The van der Waals surface area contributed by atoms with Crippen LogP contribution in [0.2, 0.25) is 0 Å². The zero-order valence-corrected chi connectivity index (χ0v) is 12.2. The van der Waals surface area contributed by atoms with E-state index >= 15 is 0 Å². The normalized spacial score (nSPS) is 15.1. The summed E-state index contributed by atoms with van der Waals surface area (Å²) >= 11 is 6.91. The van der Waals surface area contributed by atoms with Crippen molar-refractivity contribution in [3.63, 3.8) is 0 Å². The second kappa shape index (κ2) is 5.10. The molecule has 0 aliphatic heterocycles. The molecular formula is C8H6Br2F5NS. The van der Waals surface area contributed by atoms with E-state index in [1.165, 1.54) is 6.07 Å². The fourth-order valence-corrected chi connectivity index (χ4v) is 3.41. The van der Waals surface area contributed by atoms with Crippen molar-refractivity contribution in [1.29, 1.82) is 0 Å². The Bertz CT molecular complexity index is 384. The molecule has 0 spiro atoms. The van der Waals surface area contributed by atoms with Crippen LogP contribution in [0.15, 0.2) is 14.3 Å². The molecule has 0 radical (unpaired) electrons. The molecule has 9 heteroatoms. The summed E-state index contributed by atoms with van der Waals surface area (Å²) in [6.07, 6.45) is -5.59. The van der Waals surface area contributed by atoms with Crippen LogP contribution in [0.4, 0.5) is 22.0 Å². The second-order valence-corrected chi connectivity index (χ2v) is 6.37. The van der Waals surface area contributed by atoms with Gasteiger partial charge in [0, 0.05) is 9.35 Å². The van der Waals surface area contributed by atoms with Crippen LogP contribution in [-0.4, -0.2) is 19.1 Å². The van der Waals surface area contributed by atoms with E-state index in [-0.39, 0.29) is 4.88 Å². The zero-order valence-electron chi connectivity index (χ0n) is 8.21. The van der Waals surface area contributed by atoms with Crippen molar-refractivity contribution in [2.45, 2.75) is 18.1 Å². The molecule has 1 rings (SSSR count). The van der Waals surface area contributed by atoms with Crippen molar-refractivity contribution in [1.82, 2.24) is 5.32 Å². The van der Waals surface area contributed by atoms with E-state index in [1.54, 1.807) is 0 Å². The summed E-state index contributed by atoms with van der Waals surface area (Å²) in [7, 11) is 1.06. The summed E-state index contributed by atoms with van der Waals surface area (Å²) in [5, 5.41) is 2.00. The molecule has 1 nitrogen and oxygen atoms in total. The van der Waals surface area contributed by atoms with Crippen LogP contribution < -0.4 is 5.32 Å². The highest BCUT2D eigenvalue weighted by Gasteiger charge is 2.62. The van der Waals surface area contributed by atoms with E-state index in [4.69, 9.17) is 0 Å². The van der Waals surface area contributed by atoms with E-state index in [0.717, 1.165) is 18.4 Å². The average molecular weight is 403 g/mol. The maximum atomic E-state index is 13.2. The summed E-state index contributed by atoms with van der Waals surface area (Å²) in [4.78, 5) is -0.103. The first-order valence-electron chi connectivity index (χ1n) is 4.17. The van der Waals surface area contributed by atoms with Gasteiger partial charge in [0.25, 0.3) is 0 Å². The summed E-state index contributed by atoms with van der Waals surface area (Å²) < 4.78 is 64.1. The number of halogens is 7. The molecule has 0 aromatic carbocycles. The number of thiophene rings is 1. The first kappa shape index (κ1) is 15.3. The van der Waals surface area contributed by atoms with E-state index in [0.29, 0.717) is 8.26 Å². The number of alkyl halides is 5. The molecular weight excluding hydrogens is 397 g/mol. The Balaban J connectivity index is 3.16. The van der Waals surface area contributed by atoms with Crippen LogP contribution in [0.5, 0.6) is 0 Å². The molecule has 0 aliphatic carbocycles. The van der Waals surface area contributed by atoms with Gasteiger partial charge in [0.1, 0.15) is 6.04 Å². The summed E-state index contributed by atoms with van der Waals surface area (Å²) in [5.41, 5.74) is 0. The smallest absolute Gasteiger partial charge is 0.307 e. The van der Waals surface area contributed by atoms with Gasteiger partial charge >= 0.3 is 12.1 Å². The molecule has 0 bridgehead atoms. The Labute approximate surface area is 115 Å². The van der Waals surface area contributed by atoms with Crippen LogP contribution in [0.1, 0.15) is 10.9 Å². The highest BCUT2D eigenvalue weighted by molar-refractivity contribution is 9.13. The van der Waals surface area contributed by atoms with Crippen LogP contribution in [0, 0.1) is 0 Å². The summed E-state index contributed by atoms with van der Waals surface area (Å²) in [5.74, 6) is -4.83. The Morgan fingerprint density at radius 1 is 1.24 bits per heavy atom. The fraction of sp³-hybridized carbons (Fsp3) is 0.500. The van der Waals surface area contributed by atoms with Crippen molar-refractivity contribution in [2.75, 3.05) is 7.05 Å². The monoisotopic (exact) mass is 401 g/mol. The minimum absolute atomic E-state index is 0.103. The lowest BCUT2D eigenvalue weighted by atomic mass is 10.1. The molecule has 1 aromatic heterocycles. The lowest BCUT2D eigenvalue weighted by Crippen LogP contribution is -2.46. The molecule has 1 heterocycles. The van der Waals surface area contributed by atoms with E-state index in [9.17, 15) is 22.0 Å². The standard InChI is InChI=1S/C8H6Br2F5NS/c1-16-5(7(11,12)8(13,14)15)4-2-3(9)6(10)17-4/h2,5,16H,1H3.